The molecule has 0 bridgehead atoms. The van der Waals surface area contributed by atoms with Crippen LogP contribution in [0.25, 0.3) is 17.3 Å². The standard InChI is InChI=1S/C21H21N3O/c1-22-20-21(7-4-8-21)16-11-19(25-2)15(10-18(16)24-20)17-9-13-5-3-6-14(13)12-23-17/h3,6,9-12H,4-5,7-8H2,1-2H3,(H,22,24). The molecule has 1 aliphatic heterocycles. The smallest absolute Gasteiger partial charge is 0.128 e. The van der Waals surface area contributed by atoms with Crippen molar-refractivity contribution in [1.29, 1.82) is 0 Å². The summed E-state index contributed by atoms with van der Waals surface area (Å²) in [4.78, 5) is 9.20. The summed E-state index contributed by atoms with van der Waals surface area (Å²) in [6.45, 7) is 0. The van der Waals surface area contributed by atoms with E-state index >= 15 is 0 Å². The summed E-state index contributed by atoms with van der Waals surface area (Å²) in [5.41, 5.74) is 7.09. The van der Waals surface area contributed by atoms with E-state index in [2.05, 4.69) is 45.6 Å². The molecule has 2 heterocycles. The van der Waals surface area contributed by atoms with Crippen molar-refractivity contribution >= 4 is 17.6 Å². The van der Waals surface area contributed by atoms with Gasteiger partial charge in [0.1, 0.15) is 11.6 Å². The Bertz CT molecular complexity index is 938. The topological polar surface area (TPSA) is 46.5 Å². The number of fused-ring (bicyclic) bond motifs is 3. The molecule has 4 heteroatoms. The van der Waals surface area contributed by atoms with Crippen molar-refractivity contribution in [1.82, 2.24) is 4.98 Å². The lowest BCUT2D eigenvalue weighted by atomic mass is 9.65. The van der Waals surface area contributed by atoms with E-state index in [1.807, 2.05) is 13.2 Å². The maximum Gasteiger partial charge on any atom is 0.128 e. The number of pyridine rings is 1. The number of hydrogen-bond acceptors (Lipinski definition) is 3. The number of aromatic nitrogens is 1. The summed E-state index contributed by atoms with van der Waals surface area (Å²) in [7, 11) is 3.62. The molecule has 4 nitrogen and oxygen atoms in total. The van der Waals surface area contributed by atoms with Gasteiger partial charge in [-0.05, 0) is 54.2 Å². The van der Waals surface area contributed by atoms with Gasteiger partial charge in [0.2, 0.25) is 0 Å². The molecule has 5 rings (SSSR count). The lowest BCUT2D eigenvalue weighted by molar-refractivity contribution is 0.344. The lowest BCUT2D eigenvalue weighted by Crippen LogP contribution is -2.41. The fourth-order valence-electron chi connectivity index (χ4n) is 4.42. The van der Waals surface area contributed by atoms with Crippen LogP contribution in [0.15, 0.2) is 35.5 Å². The van der Waals surface area contributed by atoms with E-state index in [1.54, 1.807) is 7.11 Å². The van der Waals surface area contributed by atoms with Gasteiger partial charge >= 0.3 is 0 Å². The molecule has 2 aromatic rings. The van der Waals surface area contributed by atoms with Crippen LogP contribution in [0.3, 0.4) is 0 Å². The first-order chi connectivity index (χ1) is 12.2. The van der Waals surface area contributed by atoms with Crippen molar-refractivity contribution in [3.63, 3.8) is 0 Å². The molecule has 3 aliphatic rings. The Kier molecular flexibility index (Phi) is 3.05. The largest absolute Gasteiger partial charge is 0.496 e. The molecule has 0 radical (unpaired) electrons. The van der Waals surface area contributed by atoms with Gasteiger partial charge in [0, 0.05) is 24.5 Å². The molecule has 0 atom stereocenters. The van der Waals surface area contributed by atoms with Crippen LogP contribution in [-0.4, -0.2) is 25.0 Å². The molecule has 25 heavy (non-hydrogen) atoms. The van der Waals surface area contributed by atoms with E-state index in [0.29, 0.717) is 0 Å². The van der Waals surface area contributed by atoms with E-state index in [9.17, 15) is 0 Å². The normalized spacial score (nSPS) is 20.3. The molecule has 0 amide bonds. The monoisotopic (exact) mass is 331 g/mol. The van der Waals surface area contributed by atoms with Crippen molar-refractivity contribution in [3.8, 4) is 17.0 Å². The summed E-state index contributed by atoms with van der Waals surface area (Å²) in [5.74, 6) is 1.99. The van der Waals surface area contributed by atoms with E-state index < -0.39 is 0 Å². The van der Waals surface area contributed by atoms with Crippen LogP contribution in [-0.2, 0) is 11.8 Å². The van der Waals surface area contributed by atoms with E-state index in [4.69, 9.17) is 4.74 Å². The van der Waals surface area contributed by atoms with Gasteiger partial charge in [-0.1, -0.05) is 18.6 Å². The summed E-state index contributed by atoms with van der Waals surface area (Å²) in [5, 5.41) is 3.55. The number of aliphatic imine (C=N–C) groups is 1. The minimum Gasteiger partial charge on any atom is -0.496 e. The number of nitrogens with zero attached hydrogens (tertiary/aromatic N) is 2. The Morgan fingerprint density at radius 1 is 1.24 bits per heavy atom. The van der Waals surface area contributed by atoms with Crippen molar-refractivity contribution < 1.29 is 4.74 Å². The van der Waals surface area contributed by atoms with Crippen LogP contribution < -0.4 is 10.1 Å². The molecular weight excluding hydrogens is 310 g/mol. The summed E-state index contributed by atoms with van der Waals surface area (Å²) in [6, 6.07) is 6.56. The number of benzene rings is 1. The van der Waals surface area contributed by atoms with Gasteiger partial charge in [0.25, 0.3) is 0 Å². The molecule has 1 aromatic heterocycles. The highest BCUT2D eigenvalue weighted by Crippen LogP contribution is 2.53. The van der Waals surface area contributed by atoms with Crippen molar-refractivity contribution in [2.75, 3.05) is 19.5 Å². The average Bonchev–Trinajstić information content (AvgIpc) is 3.20. The van der Waals surface area contributed by atoms with E-state index in [1.165, 1.54) is 23.1 Å². The zero-order chi connectivity index (χ0) is 17.0. The van der Waals surface area contributed by atoms with Gasteiger partial charge in [-0.25, -0.2) is 0 Å². The number of rotatable bonds is 2. The predicted molar refractivity (Wildman–Crippen MR) is 101 cm³/mol. The Balaban J connectivity index is 1.66. The maximum atomic E-state index is 5.75. The van der Waals surface area contributed by atoms with Crippen LogP contribution in [0.4, 0.5) is 5.69 Å². The summed E-state index contributed by atoms with van der Waals surface area (Å²) < 4.78 is 5.75. The highest BCUT2D eigenvalue weighted by atomic mass is 16.5. The van der Waals surface area contributed by atoms with Crippen molar-refractivity contribution in [2.45, 2.75) is 31.1 Å². The zero-order valence-electron chi connectivity index (χ0n) is 14.6. The lowest BCUT2D eigenvalue weighted by Gasteiger charge is -2.38. The van der Waals surface area contributed by atoms with Crippen LogP contribution in [0.5, 0.6) is 5.75 Å². The molecule has 1 fully saturated rings. The van der Waals surface area contributed by atoms with Gasteiger partial charge in [-0.3, -0.25) is 9.98 Å². The van der Waals surface area contributed by atoms with Crippen LogP contribution in [0.1, 0.15) is 36.0 Å². The molecular formula is C21H21N3O. The molecule has 0 saturated heterocycles. The first-order valence-corrected chi connectivity index (χ1v) is 8.88. The van der Waals surface area contributed by atoms with Crippen LogP contribution in [0, 0.1) is 0 Å². The predicted octanol–water partition coefficient (Wildman–Crippen LogP) is 4.20. The molecule has 1 N–H and O–H groups in total. The van der Waals surface area contributed by atoms with Gasteiger partial charge in [-0.15, -0.1) is 0 Å². The Morgan fingerprint density at radius 2 is 2.12 bits per heavy atom. The second kappa shape index (κ2) is 5.19. The molecule has 1 aromatic carbocycles. The fraction of sp³-hybridized carbons (Fsp3) is 0.333. The Hall–Kier alpha value is -2.62. The number of amidine groups is 1. The molecule has 126 valence electrons. The van der Waals surface area contributed by atoms with Crippen LogP contribution in [0.2, 0.25) is 0 Å². The van der Waals surface area contributed by atoms with E-state index in [-0.39, 0.29) is 5.41 Å². The minimum absolute atomic E-state index is 0.0746. The third kappa shape index (κ3) is 1.94. The number of hydrogen-bond donors (Lipinski definition) is 1. The third-order valence-electron chi connectivity index (χ3n) is 5.93. The quantitative estimate of drug-likeness (QED) is 0.897. The Labute approximate surface area is 147 Å². The number of nitrogens with one attached hydrogen (secondary N) is 1. The first kappa shape index (κ1) is 14.7. The maximum absolute atomic E-state index is 5.75. The van der Waals surface area contributed by atoms with Gasteiger partial charge < -0.3 is 10.1 Å². The number of methoxy groups -OCH3 is 1. The average molecular weight is 331 g/mol. The highest BCUT2D eigenvalue weighted by Gasteiger charge is 2.49. The summed E-state index contributed by atoms with van der Waals surface area (Å²) in [6.07, 6.45) is 10.8. The second-order valence-electron chi connectivity index (χ2n) is 7.11. The number of anilines is 1. The molecule has 1 saturated carbocycles. The third-order valence-corrected chi connectivity index (χ3v) is 5.93. The number of ether oxygens (including phenoxy) is 1. The Morgan fingerprint density at radius 3 is 2.84 bits per heavy atom. The van der Waals surface area contributed by atoms with Crippen molar-refractivity contribution in [3.05, 3.63) is 47.2 Å². The number of allylic oxidation sites excluding steroid dienone is 1. The van der Waals surface area contributed by atoms with Gasteiger partial charge in [-0.2, -0.15) is 0 Å². The van der Waals surface area contributed by atoms with Gasteiger partial charge in [0.05, 0.1) is 18.2 Å². The van der Waals surface area contributed by atoms with Crippen LogP contribution >= 0.6 is 0 Å². The SMILES string of the molecule is CN=C1Nc2cc(-c3cc4c(cn3)C=CC4)c(OC)cc2C12CCC2. The molecule has 1 spiro atoms. The molecule has 0 unspecified atom stereocenters. The second-order valence-corrected chi connectivity index (χ2v) is 7.11. The minimum atomic E-state index is 0.0746. The fourth-order valence-corrected chi connectivity index (χ4v) is 4.42. The highest BCUT2D eigenvalue weighted by molar-refractivity contribution is 6.11. The molecule has 2 aliphatic carbocycles. The first-order valence-electron chi connectivity index (χ1n) is 8.88. The summed E-state index contributed by atoms with van der Waals surface area (Å²) >= 11 is 0. The zero-order valence-corrected chi connectivity index (χ0v) is 14.6. The van der Waals surface area contributed by atoms with Gasteiger partial charge in [0.15, 0.2) is 0 Å². The van der Waals surface area contributed by atoms with E-state index in [0.717, 1.165) is 47.8 Å². The van der Waals surface area contributed by atoms with Crippen molar-refractivity contribution in [2.24, 2.45) is 4.99 Å².